The molecule has 7 rings (SSSR count). The van der Waals surface area contributed by atoms with Crippen LogP contribution in [-0.2, 0) is 31.3 Å². The molecule has 33 heavy (non-hydrogen) atoms. The summed E-state index contributed by atoms with van der Waals surface area (Å²) >= 11 is 0. The van der Waals surface area contributed by atoms with Gasteiger partial charge in [-0.1, -0.05) is 83.2 Å². The van der Waals surface area contributed by atoms with Gasteiger partial charge in [-0.25, -0.2) is 9.36 Å². The van der Waals surface area contributed by atoms with Crippen LogP contribution in [-0.4, -0.2) is 30.0 Å². The minimum atomic E-state index is -0.268. The van der Waals surface area contributed by atoms with Gasteiger partial charge in [0.25, 0.3) is 0 Å². The lowest BCUT2D eigenvalue weighted by Crippen LogP contribution is -2.31. The summed E-state index contributed by atoms with van der Waals surface area (Å²) in [6, 6.07) is 26.0. The monoisotopic (exact) mass is 430 g/mol. The molecule has 0 N–H and O–H groups in total. The number of aromatic nitrogens is 6. The van der Waals surface area contributed by atoms with E-state index in [1.54, 1.807) is 0 Å². The highest BCUT2D eigenvalue weighted by Crippen LogP contribution is 2.51. The van der Waals surface area contributed by atoms with E-state index in [1.165, 1.54) is 33.4 Å². The van der Waals surface area contributed by atoms with Crippen LogP contribution in [0.4, 0.5) is 0 Å². The highest BCUT2D eigenvalue weighted by atomic mass is 15.4. The Hall–Kier alpha value is -4.06. The number of benzene rings is 3. The Kier molecular flexibility index (Phi) is 3.91. The first-order valence-corrected chi connectivity index (χ1v) is 11.3. The second-order valence-electron chi connectivity index (χ2n) is 9.11. The Morgan fingerprint density at radius 1 is 0.576 bits per heavy atom. The fourth-order valence-corrected chi connectivity index (χ4v) is 5.69. The summed E-state index contributed by atoms with van der Waals surface area (Å²) in [4.78, 5) is 0. The number of fused-ring (bicyclic) bond motifs is 10. The fourth-order valence-electron chi connectivity index (χ4n) is 5.69. The molecule has 2 aliphatic rings. The van der Waals surface area contributed by atoms with E-state index >= 15 is 0 Å². The molecule has 3 heterocycles. The van der Waals surface area contributed by atoms with Crippen molar-refractivity contribution in [1.82, 2.24) is 30.0 Å². The van der Waals surface area contributed by atoms with E-state index in [4.69, 9.17) is 0 Å². The third-order valence-corrected chi connectivity index (χ3v) is 7.10. The van der Waals surface area contributed by atoms with Gasteiger partial charge < -0.3 is 0 Å². The van der Waals surface area contributed by atoms with E-state index in [0.717, 1.165) is 24.2 Å². The number of hydrogen-bond donors (Lipinski definition) is 0. The molecule has 160 valence electrons. The molecule has 5 aromatic rings. The largest absolute Gasteiger partial charge is 0.248 e. The average molecular weight is 431 g/mol. The van der Waals surface area contributed by atoms with E-state index in [-0.39, 0.29) is 5.41 Å². The first-order valence-electron chi connectivity index (χ1n) is 11.3. The summed E-state index contributed by atoms with van der Waals surface area (Å²) in [6.45, 7) is 1.37. The lowest BCUT2D eigenvalue weighted by atomic mass is 9.71. The van der Waals surface area contributed by atoms with E-state index in [9.17, 15) is 0 Å². The minimum Gasteiger partial charge on any atom is -0.248 e. The summed E-state index contributed by atoms with van der Waals surface area (Å²) in [5.74, 6) is 0. The van der Waals surface area contributed by atoms with Crippen LogP contribution in [0.25, 0.3) is 11.1 Å². The average Bonchev–Trinajstić information content (AvgIpc) is 3.54. The molecule has 2 aromatic heterocycles. The number of nitrogens with zero attached hydrogens (tertiary/aromatic N) is 6. The van der Waals surface area contributed by atoms with Crippen molar-refractivity contribution in [2.75, 3.05) is 0 Å². The zero-order chi connectivity index (χ0) is 21.8. The molecule has 0 amide bonds. The van der Waals surface area contributed by atoms with Crippen molar-refractivity contribution in [2.24, 2.45) is 0 Å². The van der Waals surface area contributed by atoms with Gasteiger partial charge in [0.1, 0.15) is 0 Å². The zero-order valence-electron chi connectivity index (χ0n) is 18.1. The summed E-state index contributed by atoms with van der Waals surface area (Å²) < 4.78 is 3.91. The third kappa shape index (κ3) is 2.87. The molecule has 0 radical (unpaired) electrons. The smallest absolute Gasteiger partial charge is 0.0839 e. The molecule has 6 nitrogen and oxygen atoms in total. The Morgan fingerprint density at radius 2 is 1.03 bits per heavy atom. The van der Waals surface area contributed by atoms with Gasteiger partial charge in [-0.05, 0) is 33.4 Å². The van der Waals surface area contributed by atoms with Crippen molar-refractivity contribution in [3.05, 3.63) is 119 Å². The first-order chi connectivity index (χ1) is 16.3. The summed E-state index contributed by atoms with van der Waals surface area (Å²) in [5, 5.41) is 18.2. The summed E-state index contributed by atoms with van der Waals surface area (Å²) in [7, 11) is 0. The lowest BCUT2D eigenvalue weighted by molar-refractivity contribution is 0.506. The summed E-state index contributed by atoms with van der Waals surface area (Å²) in [5.41, 5.74) is 9.40. The molecule has 0 atom stereocenters. The van der Waals surface area contributed by atoms with Gasteiger partial charge in [0.2, 0.25) is 0 Å². The van der Waals surface area contributed by atoms with Crippen molar-refractivity contribution in [1.29, 1.82) is 0 Å². The third-order valence-electron chi connectivity index (χ3n) is 7.10. The Balaban J connectivity index is 1.45. The van der Waals surface area contributed by atoms with Crippen LogP contribution in [0.5, 0.6) is 0 Å². The summed E-state index contributed by atoms with van der Waals surface area (Å²) in [6.07, 6.45) is 5.73. The maximum atomic E-state index is 4.61. The van der Waals surface area contributed by atoms with Gasteiger partial charge in [-0.3, -0.25) is 0 Å². The highest BCUT2D eigenvalue weighted by molar-refractivity contribution is 5.81. The molecule has 0 saturated carbocycles. The van der Waals surface area contributed by atoms with Crippen LogP contribution >= 0.6 is 0 Å². The van der Waals surface area contributed by atoms with Crippen LogP contribution < -0.4 is 0 Å². The highest BCUT2D eigenvalue weighted by Gasteiger charge is 2.44. The van der Waals surface area contributed by atoms with Gasteiger partial charge in [-0.2, -0.15) is 0 Å². The molecule has 0 saturated heterocycles. The predicted molar refractivity (Wildman–Crippen MR) is 125 cm³/mol. The van der Waals surface area contributed by atoms with Gasteiger partial charge in [-0.15, -0.1) is 10.2 Å². The minimum absolute atomic E-state index is 0.268. The van der Waals surface area contributed by atoms with Crippen molar-refractivity contribution < 1.29 is 0 Å². The molecule has 1 spiro atoms. The molecule has 0 fully saturated rings. The van der Waals surface area contributed by atoms with Crippen LogP contribution in [0.15, 0.2) is 85.2 Å². The Labute approximate surface area is 191 Å². The molecule has 4 bridgehead atoms. The Morgan fingerprint density at radius 3 is 1.55 bits per heavy atom. The quantitative estimate of drug-likeness (QED) is 0.372. The normalized spacial score (nSPS) is 15.6. The molecule has 6 heteroatoms. The first kappa shape index (κ1) is 18.5. The van der Waals surface area contributed by atoms with E-state index in [2.05, 4.69) is 106 Å². The van der Waals surface area contributed by atoms with Gasteiger partial charge in [0, 0.05) is 30.7 Å². The maximum absolute atomic E-state index is 4.61. The second-order valence-corrected chi connectivity index (χ2v) is 9.11. The van der Waals surface area contributed by atoms with Crippen LogP contribution in [0, 0.1) is 0 Å². The molecule has 0 unspecified atom stereocenters. The molecular formula is C27H22N6. The van der Waals surface area contributed by atoms with Crippen LogP contribution in [0.1, 0.15) is 33.6 Å². The van der Waals surface area contributed by atoms with E-state index < -0.39 is 0 Å². The van der Waals surface area contributed by atoms with Crippen molar-refractivity contribution in [2.45, 2.75) is 31.3 Å². The van der Waals surface area contributed by atoms with Crippen LogP contribution in [0.3, 0.4) is 0 Å². The van der Waals surface area contributed by atoms with Gasteiger partial charge >= 0.3 is 0 Å². The predicted octanol–water partition coefficient (Wildman–Crippen LogP) is 4.03. The second kappa shape index (κ2) is 6.97. The van der Waals surface area contributed by atoms with E-state index in [0.29, 0.717) is 13.1 Å². The Bertz CT molecular complexity index is 1380. The fraction of sp³-hybridized carbons (Fsp3) is 0.185. The topological polar surface area (TPSA) is 61.4 Å². The number of rotatable bonds is 0. The molecule has 1 aliphatic carbocycles. The van der Waals surface area contributed by atoms with Gasteiger partial charge in [0.05, 0.1) is 24.5 Å². The van der Waals surface area contributed by atoms with Crippen molar-refractivity contribution in [3.63, 3.8) is 0 Å². The SMILES string of the molecule is c1ccc2c(c1)Cn1cc(nn1)CC1(Cc3cn(nn3)C2)c2ccccc2-c2ccccc21. The zero-order valence-corrected chi connectivity index (χ0v) is 18.1. The van der Waals surface area contributed by atoms with Crippen molar-refractivity contribution >= 4 is 0 Å². The number of hydrogen-bond acceptors (Lipinski definition) is 4. The maximum Gasteiger partial charge on any atom is 0.0839 e. The van der Waals surface area contributed by atoms with Gasteiger partial charge in [0.15, 0.2) is 0 Å². The molecule has 1 aliphatic heterocycles. The molecule has 3 aromatic carbocycles. The lowest BCUT2D eigenvalue weighted by Gasteiger charge is -2.30. The van der Waals surface area contributed by atoms with Crippen molar-refractivity contribution in [3.8, 4) is 11.1 Å². The van der Waals surface area contributed by atoms with Crippen LogP contribution in [0.2, 0.25) is 0 Å². The standard InChI is InChI=1S/C27H22N6/c1-2-8-20-16-33-18-22(29-31-33)14-27(13-21-17-32(30-28-21)15-19(20)7-1)25-11-5-3-9-23(25)24-10-4-6-12-26(24)27/h1-12,17-18H,13-16H2. The van der Waals surface area contributed by atoms with E-state index in [1.807, 2.05) is 9.36 Å². The molecular weight excluding hydrogens is 408 g/mol.